The van der Waals surface area contributed by atoms with E-state index in [1.165, 1.54) is 0 Å². The average Bonchev–Trinajstić information content (AvgIpc) is 2.29. The fraction of sp³-hybridized carbons (Fsp3) is 1.00. The molecular weight excluding hydrogens is 204 g/mol. The summed E-state index contributed by atoms with van der Waals surface area (Å²) in [7, 11) is 0. The van der Waals surface area contributed by atoms with Crippen molar-refractivity contribution in [3.05, 3.63) is 0 Å². The molecule has 0 spiro atoms. The summed E-state index contributed by atoms with van der Waals surface area (Å²) in [6.45, 7) is 0.772. The molecule has 3 atom stereocenters. The van der Waals surface area contributed by atoms with Gasteiger partial charge in [-0.05, 0) is 0 Å². The summed E-state index contributed by atoms with van der Waals surface area (Å²) in [5, 5.41) is 26.3. The molecule has 6 nitrogen and oxygen atoms in total. The second kappa shape index (κ2) is 7.10. The molecule has 0 aromatic rings. The highest BCUT2D eigenvalue weighted by Gasteiger charge is 2.21. The Hall–Kier alpha value is -0.240. The predicted octanol–water partition coefficient (Wildman–Crippen LogP) is -1.87. The Morgan fingerprint density at radius 3 is 2.40 bits per heavy atom. The standard InChI is InChI=1S/C9H18O6/c10-1-7(12)3-13-4-9-6-14-8(2-11)5-15-9/h7-12H,1-6H2. The van der Waals surface area contributed by atoms with Crippen LogP contribution in [-0.2, 0) is 14.2 Å². The van der Waals surface area contributed by atoms with E-state index in [1.807, 2.05) is 0 Å². The monoisotopic (exact) mass is 222 g/mol. The van der Waals surface area contributed by atoms with Crippen molar-refractivity contribution in [3.8, 4) is 0 Å². The minimum absolute atomic E-state index is 0.0448. The highest BCUT2D eigenvalue weighted by molar-refractivity contribution is 4.66. The molecule has 0 bridgehead atoms. The van der Waals surface area contributed by atoms with Crippen molar-refractivity contribution in [1.29, 1.82) is 0 Å². The molecule has 1 heterocycles. The van der Waals surface area contributed by atoms with Gasteiger partial charge < -0.3 is 29.5 Å². The molecule has 1 aliphatic rings. The molecule has 1 saturated heterocycles. The molecule has 1 fully saturated rings. The van der Waals surface area contributed by atoms with Gasteiger partial charge in [0.1, 0.15) is 18.3 Å². The van der Waals surface area contributed by atoms with Crippen molar-refractivity contribution in [3.63, 3.8) is 0 Å². The van der Waals surface area contributed by atoms with Gasteiger partial charge in [-0.2, -0.15) is 0 Å². The minimum Gasteiger partial charge on any atom is -0.394 e. The van der Waals surface area contributed by atoms with Gasteiger partial charge in [0.25, 0.3) is 0 Å². The van der Waals surface area contributed by atoms with E-state index < -0.39 is 6.10 Å². The topological polar surface area (TPSA) is 88.4 Å². The predicted molar refractivity (Wildman–Crippen MR) is 50.5 cm³/mol. The maximum atomic E-state index is 8.99. The van der Waals surface area contributed by atoms with Crippen LogP contribution >= 0.6 is 0 Å². The fourth-order valence-corrected chi connectivity index (χ4v) is 1.17. The molecule has 90 valence electrons. The fourth-order valence-electron chi connectivity index (χ4n) is 1.17. The number of ether oxygens (including phenoxy) is 3. The van der Waals surface area contributed by atoms with Crippen molar-refractivity contribution in [2.45, 2.75) is 18.3 Å². The Bertz CT molecular complexity index is 157. The number of aliphatic hydroxyl groups excluding tert-OH is 3. The zero-order valence-corrected chi connectivity index (χ0v) is 8.54. The Morgan fingerprint density at radius 1 is 1.20 bits per heavy atom. The highest BCUT2D eigenvalue weighted by atomic mass is 16.6. The SMILES string of the molecule is OCC(O)COCC1COC(CO)CO1. The van der Waals surface area contributed by atoms with Crippen molar-refractivity contribution in [1.82, 2.24) is 0 Å². The smallest absolute Gasteiger partial charge is 0.104 e. The summed E-state index contributed by atoms with van der Waals surface area (Å²) >= 11 is 0. The molecule has 0 saturated carbocycles. The van der Waals surface area contributed by atoms with Crippen LogP contribution in [0.4, 0.5) is 0 Å². The van der Waals surface area contributed by atoms with Crippen molar-refractivity contribution in [2.24, 2.45) is 0 Å². The van der Waals surface area contributed by atoms with Crippen LogP contribution in [0.15, 0.2) is 0 Å². The van der Waals surface area contributed by atoms with Gasteiger partial charge in [0.15, 0.2) is 0 Å². The first-order chi connectivity index (χ1) is 7.26. The van der Waals surface area contributed by atoms with Gasteiger partial charge in [-0.15, -0.1) is 0 Å². The van der Waals surface area contributed by atoms with Gasteiger partial charge in [0.2, 0.25) is 0 Å². The van der Waals surface area contributed by atoms with Crippen LogP contribution in [0.1, 0.15) is 0 Å². The van der Waals surface area contributed by atoms with Crippen LogP contribution in [0.2, 0.25) is 0 Å². The van der Waals surface area contributed by atoms with E-state index in [4.69, 9.17) is 29.5 Å². The van der Waals surface area contributed by atoms with Crippen LogP contribution in [0.25, 0.3) is 0 Å². The van der Waals surface area contributed by atoms with E-state index in [0.717, 1.165) is 0 Å². The maximum Gasteiger partial charge on any atom is 0.104 e. The summed E-state index contributed by atoms with van der Waals surface area (Å²) in [6.07, 6.45) is -1.26. The van der Waals surface area contributed by atoms with Crippen molar-refractivity contribution >= 4 is 0 Å². The zero-order valence-electron chi connectivity index (χ0n) is 8.54. The number of hydrogen-bond donors (Lipinski definition) is 3. The quantitative estimate of drug-likeness (QED) is 0.488. The highest BCUT2D eigenvalue weighted by Crippen LogP contribution is 2.07. The molecule has 0 aromatic carbocycles. The molecular formula is C9H18O6. The van der Waals surface area contributed by atoms with Crippen LogP contribution < -0.4 is 0 Å². The van der Waals surface area contributed by atoms with Crippen LogP contribution in [0.5, 0.6) is 0 Å². The average molecular weight is 222 g/mol. The van der Waals surface area contributed by atoms with E-state index in [0.29, 0.717) is 19.8 Å². The van der Waals surface area contributed by atoms with E-state index in [-0.39, 0.29) is 32.0 Å². The molecule has 1 aliphatic heterocycles. The second-order valence-electron chi connectivity index (χ2n) is 3.47. The second-order valence-corrected chi connectivity index (χ2v) is 3.47. The third-order valence-electron chi connectivity index (χ3n) is 2.06. The normalized spacial score (nSPS) is 29.0. The molecule has 0 radical (unpaired) electrons. The molecule has 1 rings (SSSR count). The van der Waals surface area contributed by atoms with Gasteiger partial charge in [-0.25, -0.2) is 0 Å². The van der Waals surface area contributed by atoms with Gasteiger partial charge in [-0.3, -0.25) is 0 Å². The summed E-state index contributed by atoms with van der Waals surface area (Å²) in [5.41, 5.74) is 0. The Balaban J connectivity index is 2.03. The van der Waals surface area contributed by atoms with E-state index >= 15 is 0 Å². The molecule has 3 N–H and O–H groups in total. The lowest BCUT2D eigenvalue weighted by Gasteiger charge is -2.28. The summed E-state index contributed by atoms with van der Waals surface area (Å²) in [6, 6.07) is 0. The van der Waals surface area contributed by atoms with Gasteiger partial charge >= 0.3 is 0 Å². The van der Waals surface area contributed by atoms with Crippen molar-refractivity contribution in [2.75, 3.05) is 39.6 Å². The van der Waals surface area contributed by atoms with Crippen molar-refractivity contribution < 1.29 is 29.5 Å². The number of aliphatic hydroxyl groups is 3. The lowest BCUT2D eigenvalue weighted by molar-refractivity contribution is -0.164. The van der Waals surface area contributed by atoms with Gasteiger partial charge in [0.05, 0.1) is 39.6 Å². The Kier molecular flexibility index (Phi) is 6.07. The lowest BCUT2D eigenvalue weighted by Crippen LogP contribution is -2.40. The van der Waals surface area contributed by atoms with Gasteiger partial charge in [-0.1, -0.05) is 0 Å². The summed E-state index contributed by atoms with van der Waals surface area (Å²) < 4.78 is 15.7. The summed E-state index contributed by atoms with van der Waals surface area (Å²) in [4.78, 5) is 0. The summed E-state index contributed by atoms with van der Waals surface area (Å²) in [5.74, 6) is 0. The van der Waals surface area contributed by atoms with E-state index in [9.17, 15) is 0 Å². The third kappa shape index (κ3) is 4.87. The maximum absolute atomic E-state index is 8.99. The Morgan fingerprint density at radius 2 is 1.87 bits per heavy atom. The van der Waals surface area contributed by atoms with E-state index in [2.05, 4.69) is 0 Å². The number of hydrogen-bond acceptors (Lipinski definition) is 6. The van der Waals surface area contributed by atoms with Gasteiger partial charge in [0, 0.05) is 0 Å². The zero-order chi connectivity index (χ0) is 11.1. The molecule has 0 aliphatic carbocycles. The first-order valence-corrected chi connectivity index (χ1v) is 4.97. The Labute approximate surface area is 88.4 Å². The molecule has 3 unspecified atom stereocenters. The largest absolute Gasteiger partial charge is 0.394 e. The lowest BCUT2D eigenvalue weighted by atomic mass is 10.3. The third-order valence-corrected chi connectivity index (χ3v) is 2.06. The first kappa shape index (κ1) is 12.8. The van der Waals surface area contributed by atoms with Crippen LogP contribution in [-0.4, -0.2) is 73.3 Å². The molecule has 0 amide bonds. The molecule has 6 heteroatoms. The van der Waals surface area contributed by atoms with E-state index in [1.54, 1.807) is 0 Å². The molecule has 15 heavy (non-hydrogen) atoms. The molecule has 0 aromatic heterocycles. The van der Waals surface area contributed by atoms with Crippen LogP contribution in [0, 0.1) is 0 Å². The minimum atomic E-state index is -0.848. The first-order valence-electron chi connectivity index (χ1n) is 4.97. The number of rotatable bonds is 6. The van der Waals surface area contributed by atoms with Crippen LogP contribution in [0.3, 0.4) is 0 Å².